The Morgan fingerprint density at radius 3 is 2.77 bits per heavy atom. The van der Waals surface area contributed by atoms with Gasteiger partial charge in [-0.25, -0.2) is 9.79 Å². The van der Waals surface area contributed by atoms with Gasteiger partial charge in [0.2, 0.25) is 5.91 Å². The van der Waals surface area contributed by atoms with E-state index in [1.807, 2.05) is 18.2 Å². The highest BCUT2D eigenvalue weighted by atomic mass is 32.2. The number of methoxy groups -OCH3 is 1. The molecule has 1 aromatic rings. The first-order chi connectivity index (χ1) is 14.9. The molecule has 1 aromatic carbocycles. The number of carbonyl (C=O) groups excluding carboxylic acids is 2. The number of nitrogens with zero attached hydrogens (tertiary/aromatic N) is 2. The summed E-state index contributed by atoms with van der Waals surface area (Å²) in [6.45, 7) is 8.08. The summed E-state index contributed by atoms with van der Waals surface area (Å²) in [7, 11) is 1.58. The molecule has 0 aliphatic carbocycles. The maximum Gasteiger partial charge on any atom is 0.338 e. The highest BCUT2D eigenvalue weighted by molar-refractivity contribution is 8.14. The Morgan fingerprint density at radius 2 is 2.10 bits per heavy atom. The molecule has 0 saturated carbocycles. The number of fused-ring (bicyclic) bond motifs is 1. The molecule has 2 heterocycles. The predicted octanol–water partition coefficient (Wildman–Crippen LogP) is 4.48. The van der Waals surface area contributed by atoms with E-state index < -0.39 is 12.0 Å². The summed E-state index contributed by atoms with van der Waals surface area (Å²) in [5.41, 5.74) is 1.68. The van der Waals surface area contributed by atoms with E-state index in [-0.39, 0.29) is 12.0 Å². The van der Waals surface area contributed by atoms with Crippen LogP contribution in [0.25, 0.3) is 0 Å². The van der Waals surface area contributed by atoms with Gasteiger partial charge in [-0.1, -0.05) is 31.2 Å². The number of carbonyl (C=O) groups is 2. The Bertz CT molecular complexity index is 909. The van der Waals surface area contributed by atoms with E-state index in [0.29, 0.717) is 46.7 Å². The number of aliphatic imine (C=N–C) groups is 1. The van der Waals surface area contributed by atoms with Crippen molar-refractivity contribution < 1.29 is 23.8 Å². The van der Waals surface area contributed by atoms with Crippen molar-refractivity contribution in [1.82, 2.24) is 4.90 Å². The highest BCUT2D eigenvalue weighted by Gasteiger charge is 2.42. The van der Waals surface area contributed by atoms with Gasteiger partial charge >= 0.3 is 5.97 Å². The zero-order chi connectivity index (χ0) is 22.5. The monoisotopic (exact) mass is 446 g/mol. The minimum atomic E-state index is -0.627. The molecule has 3 rings (SSSR count). The Balaban J connectivity index is 2.06. The summed E-state index contributed by atoms with van der Waals surface area (Å²) in [6, 6.07) is 4.91. The molecule has 2 aliphatic rings. The Morgan fingerprint density at radius 1 is 1.32 bits per heavy atom. The van der Waals surface area contributed by atoms with Gasteiger partial charge in [-0.05, 0) is 44.9 Å². The minimum absolute atomic E-state index is 0.0629. The van der Waals surface area contributed by atoms with Crippen LogP contribution in [0.15, 0.2) is 34.5 Å². The first-order valence-corrected chi connectivity index (χ1v) is 11.6. The third-order valence-corrected chi connectivity index (χ3v) is 5.98. The smallest absolute Gasteiger partial charge is 0.338 e. The fourth-order valence-electron chi connectivity index (χ4n) is 3.55. The summed E-state index contributed by atoms with van der Waals surface area (Å²) >= 11 is 1.52. The number of benzene rings is 1. The lowest BCUT2D eigenvalue weighted by molar-refractivity contribution is -0.143. The van der Waals surface area contributed by atoms with Gasteiger partial charge in [-0.15, -0.1) is 0 Å². The number of rotatable bonds is 8. The van der Waals surface area contributed by atoms with Gasteiger partial charge in [-0.3, -0.25) is 9.69 Å². The first kappa shape index (κ1) is 23.2. The van der Waals surface area contributed by atoms with E-state index in [9.17, 15) is 9.59 Å². The Labute approximate surface area is 187 Å². The van der Waals surface area contributed by atoms with Crippen LogP contribution in [0.3, 0.4) is 0 Å². The van der Waals surface area contributed by atoms with Crippen molar-refractivity contribution in [1.29, 1.82) is 0 Å². The SMILES string of the molecule is CCCCOc1ccc(C2C(C(=O)OC(C)C)=C(C)N=C3SCCC(=O)N32)cc1OC. The topological polar surface area (TPSA) is 77.4 Å². The number of ether oxygens (including phenoxy) is 3. The lowest BCUT2D eigenvalue weighted by Crippen LogP contribution is -2.46. The summed E-state index contributed by atoms with van der Waals surface area (Å²) in [5, 5.41) is 0.613. The van der Waals surface area contributed by atoms with Crippen molar-refractivity contribution >= 4 is 28.8 Å². The van der Waals surface area contributed by atoms with Crippen LogP contribution >= 0.6 is 11.8 Å². The van der Waals surface area contributed by atoms with Crippen molar-refractivity contribution in [2.45, 2.75) is 59.1 Å². The second-order valence-electron chi connectivity index (χ2n) is 7.72. The molecular formula is C23H30N2O5S. The Hall–Kier alpha value is -2.48. The van der Waals surface area contributed by atoms with Gasteiger partial charge in [0.05, 0.1) is 37.1 Å². The quantitative estimate of drug-likeness (QED) is 0.433. The maximum absolute atomic E-state index is 13.0. The standard InChI is InChI=1S/C23H30N2O5S/c1-6-7-11-29-17-9-8-16(13-18(17)28-5)21-20(22(27)30-14(2)3)15(4)24-23-25(21)19(26)10-12-31-23/h8-9,13-14,21H,6-7,10-12H2,1-5H3. The van der Waals surface area contributed by atoms with Crippen molar-refractivity contribution in [2.24, 2.45) is 4.99 Å². The summed E-state index contributed by atoms with van der Waals surface area (Å²) in [4.78, 5) is 32.1. The van der Waals surface area contributed by atoms with Crippen molar-refractivity contribution in [2.75, 3.05) is 19.5 Å². The fourth-order valence-corrected chi connectivity index (χ4v) is 4.56. The molecule has 31 heavy (non-hydrogen) atoms. The van der Waals surface area contributed by atoms with E-state index in [1.165, 1.54) is 11.8 Å². The summed E-state index contributed by atoms with van der Waals surface area (Å²) < 4.78 is 16.9. The lowest BCUT2D eigenvalue weighted by Gasteiger charge is -2.39. The molecule has 1 saturated heterocycles. The van der Waals surface area contributed by atoms with E-state index in [0.717, 1.165) is 18.4 Å². The van der Waals surface area contributed by atoms with Crippen LogP contribution in [0.2, 0.25) is 0 Å². The van der Waals surface area contributed by atoms with Gasteiger partial charge in [0.25, 0.3) is 0 Å². The molecule has 0 N–H and O–H groups in total. The number of amides is 1. The molecule has 0 bridgehead atoms. The molecule has 2 aliphatic heterocycles. The number of esters is 1. The van der Waals surface area contributed by atoms with E-state index in [1.54, 1.807) is 32.8 Å². The normalized spacial score (nSPS) is 18.6. The van der Waals surface area contributed by atoms with Crippen LogP contribution in [0.4, 0.5) is 0 Å². The minimum Gasteiger partial charge on any atom is -0.493 e. The molecule has 0 aromatic heterocycles. The van der Waals surface area contributed by atoms with Gasteiger partial charge in [-0.2, -0.15) is 0 Å². The second-order valence-corrected chi connectivity index (χ2v) is 8.79. The number of hydrogen-bond acceptors (Lipinski definition) is 7. The zero-order valence-corrected chi connectivity index (χ0v) is 19.6. The Kier molecular flexibility index (Phi) is 7.64. The summed E-state index contributed by atoms with van der Waals surface area (Å²) in [5.74, 6) is 1.34. The molecule has 1 unspecified atom stereocenters. The van der Waals surface area contributed by atoms with Crippen LogP contribution in [-0.2, 0) is 14.3 Å². The molecule has 7 nitrogen and oxygen atoms in total. The molecule has 8 heteroatoms. The predicted molar refractivity (Wildman–Crippen MR) is 121 cm³/mol. The zero-order valence-electron chi connectivity index (χ0n) is 18.8. The number of thioether (sulfide) groups is 1. The van der Waals surface area contributed by atoms with E-state index >= 15 is 0 Å². The van der Waals surface area contributed by atoms with E-state index in [4.69, 9.17) is 14.2 Å². The maximum atomic E-state index is 13.0. The molecule has 1 atom stereocenters. The largest absolute Gasteiger partial charge is 0.493 e. The van der Waals surface area contributed by atoms with Crippen LogP contribution in [0.1, 0.15) is 58.6 Å². The van der Waals surface area contributed by atoms with Gasteiger partial charge in [0.1, 0.15) is 0 Å². The van der Waals surface area contributed by atoms with Crippen LogP contribution in [-0.4, -0.2) is 47.5 Å². The van der Waals surface area contributed by atoms with Crippen LogP contribution < -0.4 is 9.47 Å². The molecule has 0 spiro atoms. The van der Waals surface area contributed by atoms with Crippen molar-refractivity contribution in [3.05, 3.63) is 35.0 Å². The molecule has 1 amide bonds. The first-order valence-electron chi connectivity index (χ1n) is 10.6. The number of allylic oxidation sites excluding steroid dienone is 1. The average molecular weight is 447 g/mol. The fraction of sp³-hybridized carbons (Fsp3) is 0.522. The highest BCUT2D eigenvalue weighted by Crippen LogP contribution is 2.42. The van der Waals surface area contributed by atoms with Gasteiger partial charge in [0.15, 0.2) is 16.7 Å². The number of amidine groups is 1. The third kappa shape index (κ3) is 5.06. The molecule has 0 radical (unpaired) electrons. The molecule has 1 fully saturated rings. The van der Waals surface area contributed by atoms with Crippen molar-refractivity contribution in [3.8, 4) is 11.5 Å². The van der Waals surface area contributed by atoms with E-state index in [2.05, 4.69) is 11.9 Å². The molecule has 168 valence electrons. The third-order valence-electron chi connectivity index (χ3n) is 5.03. The van der Waals surface area contributed by atoms with Crippen LogP contribution in [0.5, 0.6) is 11.5 Å². The second kappa shape index (κ2) is 10.2. The number of unbranched alkanes of at least 4 members (excludes halogenated alkanes) is 1. The van der Waals surface area contributed by atoms with Crippen LogP contribution in [0, 0.1) is 0 Å². The van der Waals surface area contributed by atoms with Crippen molar-refractivity contribution in [3.63, 3.8) is 0 Å². The molecular weight excluding hydrogens is 416 g/mol. The lowest BCUT2D eigenvalue weighted by atomic mass is 9.93. The van der Waals surface area contributed by atoms with Gasteiger partial charge in [0, 0.05) is 12.2 Å². The summed E-state index contributed by atoms with van der Waals surface area (Å²) in [6.07, 6.45) is 2.08. The average Bonchev–Trinajstić information content (AvgIpc) is 2.72. The number of hydrogen-bond donors (Lipinski definition) is 0. The van der Waals surface area contributed by atoms with Gasteiger partial charge < -0.3 is 14.2 Å².